The summed E-state index contributed by atoms with van der Waals surface area (Å²) in [6.45, 7) is 5.24. The van der Waals surface area contributed by atoms with Gasteiger partial charge in [0.1, 0.15) is 11.4 Å². The number of alkyl halides is 4. The Morgan fingerprint density at radius 1 is 1.26 bits per heavy atom. The van der Waals surface area contributed by atoms with E-state index < -0.39 is 17.5 Å². The van der Waals surface area contributed by atoms with Crippen LogP contribution in [0.5, 0.6) is 0 Å². The van der Waals surface area contributed by atoms with Gasteiger partial charge < -0.3 is 15.4 Å². The first-order chi connectivity index (χ1) is 14.7. The Hall–Kier alpha value is -2.47. The summed E-state index contributed by atoms with van der Waals surface area (Å²) in [5, 5.41) is 10.1. The SMILES string of the molecule is CCNc1nc(Nc2cn(C3CCN(C4(F)COC4)CC3)nc2C)ncc1C(F)(F)F. The van der Waals surface area contributed by atoms with Gasteiger partial charge >= 0.3 is 6.18 Å². The lowest BCUT2D eigenvalue weighted by atomic mass is 10.0. The van der Waals surface area contributed by atoms with E-state index in [1.165, 1.54) is 0 Å². The number of hydrogen-bond donors (Lipinski definition) is 2. The molecule has 31 heavy (non-hydrogen) atoms. The van der Waals surface area contributed by atoms with Gasteiger partial charge in [0.05, 0.1) is 30.6 Å². The summed E-state index contributed by atoms with van der Waals surface area (Å²) in [5.74, 6) is -1.57. The third kappa shape index (κ3) is 4.45. The average Bonchev–Trinajstić information content (AvgIpc) is 3.06. The molecule has 2 aromatic heterocycles. The molecule has 0 unspecified atom stereocenters. The highest BCUT2D eigenvalue weighted by Gasteiger charge is 2.45. The van der Waals surface area contributed by atoms with Crippen molar-refractivity contribution >= 4 is 17.5 Å². The maximum atomic E-state index is 14.5. The zero-order valence-corrected chi connectivity index (χ0v) is 17.3. The van der Waals surface area contributed by atoms with Crippen LogP contribution < -0.4 is 10.6 Å². The Morgan fingerprint density at radius 2 is 1.97 bits per heavy atom. The van der Waals surface area contributed by atoms with Crippen LogP contribution in [0.2, 0.25) is 0 Å². The first-order valence-electron chi connectivity index (χ1n) is 10.2. The average molecular weight is 443 g/mol. The van der Waals surface area contributed by atoms with Gasteiger partial charge in [-0.2, -0.15) is 23.3 Å². The fourth-order valence-electron chi connectivity index (χ4n) is 3.85. The van der Waals surface area contributed by atoms with Crippen molar-refractivity contribution in [1.29, 1.82) is 0 Å². The fourth-order valence-corrected chi connectivity index (χ4v) is 3.85. The normalized spacial score (nSPS) is 19.8. The molecule has 2 fully saturated rings. The molecular formula is C19H25F4N7O. The Bertz CT molecular complexity index is 920. The van der Waals surface area contributed by atoms with Crippen molar-refractivity contribution in [2.24, 2.45) is 0 Å². The fraction of sp³-hybridized carbons (Fsp3) is 0.632. The highest BCUT2D eigenvalue weighted by molar-refractivity contribution is 5.58. The minimum atomic E-state index is -4.55. The summed E-state index contributed by atoms with van der Waals surface area (Å²) in [6.07, 6.45) is -0.502. The Labute approximate surface area is 177 Å². The van der Waals surface area contributed by atoms with E-state index in [0.29, 0.717) is 31.0 Å². The number of nitrogens with zero attached hydrogens (tertiary/aromatic N) is 5. The van der Waals surface area contributed by atoms with Crippen LogP contribution in [0.3, 0.4) is 0 Å². The van der Waals surface area contributed by atoms with Crippen LogP contribution >= 0.6 is 0 Å². The molecule has 8 nitrogen and oxygen atoms in total. The van der Waals surface area contributed by atoms with Gasteiger partial charge in [-0.15, -0.1) is 0 Å². The molecular weight excluding hydrogens is 418 g/mol. The lowest BCUT2D eigenvalue weighted by Crippen LogP contribution is -2.60. The topological polar surface area (TPSA) is 80.1 Å². The molecule has 2 aliphatic heterocycles. The molecule has 0 atom stereocenters. The van der Waals surface area contributed by atoms with Gasteiger partial charge in [0, 0.05) is 32.0 Å². The standard InChI is InChI=1S/C19H25F4N7O/c1-3-24-16-14(19(21,22)23)8-25-17(27-16)26-15-9-30(28-12(15)2)13-4-6-29(7-5-13)18(20)10-31-11-18/h8-9,13H,3-7,10-11H2,1-2H3,(H2,24,25,26,27). The largest absolute Gasteiger partial charge is 0.421 e. The number of hydrogen-bond acceptors (Lipinski definition) is 7. The molecule has 0 bridgehead atoms. The van der Waals surface area contributed by atoms with Crippen molar-refractivity contribution in [3.05, 3.63) is 23.7 Å². The van der Waals surface area contributed by atoms with E-state index >= 15 is 0 Å². The quantitative estimate of drug-likeness (QED) is 0.523. The van der Waals surface area contributed by atoms with Crippen LogP contribution in [0.15, 0.2) is 12.4 Å². The van der Waals surface area contributed by atoms with E-state index in [0.717, 1.165) is 19.0 Å². The number of rotatable bonds is 6. The predicted molar refractivity (Wildman–Crippen MR) is 106 cm³/mol. The molecule has 0 aromatic carbocycles. The van der Waals surface area contributed by atoms with Crippen LogP contribution in [0.4, 0.5) is 35.0 Å². The summed E-state index contributed by atoms with van der Waals surface area (Å²) in [6, 6.07) is 0.112. The second kappa shape index (κ2) is 8.23. The smallest absolute Gasteiger partial charge is 0.372 e. The molecule has 4 rings (SSSR count). The predicted octanol–water partition coefficient (Wildman–Crippen LogP) is 3.51. The Kier molecular flexibility index (Phi) is 5.77. The second-order valence-corrected chi connectivity index (χ2v) is 7.85. The molecule has 0 spiro atoms. The summed E-state index contributed by atoms with van der Waals surface area (Å²) >= 11 is 0. The molecule has 2 saturated heterocycles. The third-order valence-corrected chi connectivity index (χ3v) is 5.65. The van der Waals surface area contributed by atoms with Crippen LogP contribution in [0, 0.1) is 6.92 Å². The van der Waals surface area contributed by atoms with Gasteiger partial charge in [0.2, 0.25) is 11.7 Å². The zero-order chi connectivity index (χ0) is 22.2. The van der Waals surface area contributed by atoms with E-state index in [9.17, 15) is 17.6 Å². The Morgan fingerprint density at radius 3 is 2.55 bits per heavy atom. The number of halogens is 4. The van der Waals surface area contributed by atoms with E-state index in [2.05, 4.69) is 25.7 Å². The Balaban J connectivity index is 1.45. The van der Waals surface area contributed by atoms with E-state index in [1.54, 1.807) is 20.0 Å². The third-order valence-electron chi connectivity index (χ3n) is 5.65. The summed E-state index contributed by atoms with van der Waals surface area (Å²) in [7, 11) is 0. The minimum absolute atomic E-state index is 0.0470. The number of likely N-dealkylation sites (tertiary alicyclic amines) is 1. The lowest BCUT2D eigenvalue weighted by molar-refractivity contribution is -0.219. The molecule has 2 aliphatic rings. The van der Waals surface area contributed by atoms with Gasteiger partial charge in [-0.3, -0.25) is 9.58 Å². The van der Waals surface area contributed by atoms with Crippen LogP contribution in [0.25, 0.3) is 0 Å². The first kappa shape index (κ1) is 21.8. The number of aryl methyl sites for hydroxylation is 1. The van der Waals surface area contributed by atoms with Crippen molar-refractivity contribution in [2.45, 2.75) is 44.7 Å². The lowest BCUT2D eigenvalue weighted by Gasteiger charge is -2.46. The van der Waals surface area contributed by atoms with Crippen LogP contribution in [-0.2, 0) is 10.9 Å². The summed E-state index contributed by atoms with van der Waals surface area (Å²) in [4.78, 5) is 9.63. The number of ether oxygens (including phenoxy) is 1. The molecule has 2 aromatic rings. The molecule has 0 saturated carbocycles. The van der Waals surface area contributed by atoms with Crippen molar-refractivity contribution in [1.82, 2.24) is 24.6 Å². The van der Waals surface area contributed by atoms with Crippen molar-refractivity contribution < 1.29 is 22.3 Å². The van der Waals surface area contributed by atoms with Gasteiger partial charge in [-0.05, 0) is 26.7 Å². The highest BCUT2D eigenvalue weighted by Crippen LogP contribution is 2.35. The van der Waals surface area contributed by atoms with Gasteiger partial charge in [-0.1, -0.05) is 0 Å². The van der Waals surface area contributed by atoms with E-state index in [-0.39, 0.29) is 31.0 Å². The van der Waals surface area contributed by atoms with Gasteiger partial charge in [0.15, 0.2) is 0 Å². The summed E-state index contributed by atoms with van der Waals surface area (Å²) < 4.78 is 60.8. The molecule has 170 valence electrons. The summed E-state index contributed by atoms with van der Waals surface area (Å²) in [5.41, 5.74) is 0.367. The maximum absolute atomic E-state index is 14.5. The number of aromatic nitrogens is 4. The molecule has 0 aliphatic carbocycles. The molecule has 12 heteroatoms. The van der Waals surface area contributed by atoms with Crippen molar-refractivity contribution in [3.63, 3.8) is 0 Å². The molecule has 0 radical (unpaired) electrons. The van der Waals surface area contributed by atoms with E-state index in [4.69, 9.17) is 4.74 Å². The van der Waals surface area contributed by atoms with Crippen molar-refractivity contribution in [2.75, 3.05) is 43.5 Å². The second-order valence-electron chi connectivity index (χ2n) is 7.85. The van der Waals surface area contributed by atoms with E-state index in [1.807, 2.05) is 9.58 Å². The molecule has 4 heterocycles. The first-order valence-corrected chi connectivity index (χ1v) is 10.2. The minimum Gasteiger partial charge on any atom is -0.372 e. The molecule has 2 N–H and O–H groups in total. The van der Waals surface area contributed by atoms with Gasteiger partial charge in [0.25, 0.3) is 0 Å². The number of anilines is 3. The van der Waals surface area contributed by atoms with Gasteiger partial charge in [-0.25, -0.2) is 9.37 Å². The maximum Gasteiger partial charge on any atom is 0.421 e. The van der Waals surface area contributed by atoms with Crippen LogP contribution in [-0.4, -0.2) is 63.3 Å². The van der Waals surface area contributed by atoms with Crippen molar-refractivity contribution in [3.8, 4) is 0 Å². The number of nitrogens with one attached hydrogen (secondary N) is 2. The molecule has 0 amide bonds. The highest BCUT2D eigenvalue weighted by atomic mass is 19.4. The number of piperidine rings is 1. The zero-order valence-electron chi connectivity index (χ0n) is 17.3. The monoisotopic (exact) mass is 443 g/mol. The van der Waals surface area contributed by atoms with Crippen LogP contribution in [0.1, 0.15) is 37.1 Å².